The van der Waals surface area contributed by atoms with E-state index in [0.29, 0.717) is 11.5 Å². The van der Waals surface area contributed by atoms with E-state index < -0.39 is 17.1 Å². The smallest absolute Gasteiger partial charge is 0.335 e. The Bertz CT molecular complexity index is 1590. The number of nitrogens with one attached hydrogen (secondary N) is 1. The molecule has 0 unspecified atom stereocenters. The number of hydrogen-bond acceptors (Lipinski definition) is 6. The van der Waals surface area contributed by atoms with Crippen molar-refractivity contribution < 1.29 is 5.11 Å². The summed E-state index contributed by atoms with van der Waals surface area (Å²) in [4.78, 5) is 37.1. The predicted octanol–water partition coefficient (Wildman–Crippen LogP) is 4.77. The van der Waals surface area contributed by atoms with Gasteiger partial charge in [0.2, 0.25) is 5.88 Å². The predicted molar refractivity (Wildman–Crippen MR) is 135 cm³/mol. The third kappa shape index (κ3) is 4.10. The number of aromatic hydroxyl groups is 1. The van der Waals surface area contributed by atoms with E-state index in [1.54, 1.807) is 30.3 Å². The van der Waals surface area contributed by atoms with E-state index in [4.69, 9.17) is 0 Å². The minimum absolute atomic E-state index is 0.142. The summed E-state index contributed by atoms with van der Waals surface area (Å²) in [6, 6.07) is 28.0. The average Bonchev–Trinajstić information content (AvgIpc) is 3.30. The Hall–Kier alpha value is -4.56. The Morgan fingerprint density at radius 2 is 1.44 bits per heavy atom. The minimum Gasteiger partial charge on any atom is -0.493 e. The van der Waals surface area contributed by atoms with Gasteiger partial charge in [-0.15, -0.1) is 11.3 Å². The molecule has 5 rings (SSSR count). The molecule has 0 aliphatic heterocycles. The Morgan fingerprint density at radius 3 is 2.09 bits per heavy atom. The Labute approximate surface area is 198 Å². The van der Waals surface area contributed by atoms with Gasteiger partial charge in [0.25, 0.3) is 5.56 Å². The molecule has 5 aromatic rings. The maximum absolute atomic E-state index is 12.5. The van der Waals surface area contributed by atoms with Crippen molar-refractivity contribution in [2.45, 2.75) is 0 Å². The number of para-hydroxylation sites is 1. The Morgan fingerprint density at radius 1 is 0.853 bits per heavy atom. The monoisotopic (exact) mass is 466 g/mol. The zero-order valence-corrected chi connectivity index (χ0v) is 18.6. The van der Waals surface area contributed by atoms with E-state index in [1.165, 1.54) is 17.6 Å². The summed E-state index contributed by atoms with van der Waals surface area (Å²) in [6.07, 6.45) is 1.24. The molecule has 0 spiro atoms. The first-order valence-corrected chi connectivity index (χ1v) is 11.2. The van der Waals surface area contributed by atoms with Crippen LogP contribution in [-0.2, 0) is 0 Å². The summed E-state index contributed by atoms with van der Waals surface area (Å²) >= 11 is 1.48. The SMILES string of the molecule is O=c1[nH]c(=O)n(-c2ccccc2)c(O)c1/C=N/c1nc(-c2ccccc2)sc1-c1ccccc1. The molecule has 0 aliphatic carbocycles. The van der Waals surface area contributed by atoms with E-state index in [0.717, 1.165) is 25.6 Å². The summed E-state index contributed by atoms with van der Waals surface area (Å²) < 4.78 is 1.03. The first-order valence-electron chi connectivity index (χ1n) is 10.4. The van der Waals surface area contributed by atoms with Crippen molar-refractivity contribution >= 4 is 23.4 Å². The van der Waals surface area contributed by atoms with Gasteiger partial charge in [-0.3, -0.25) is 9.78 Å². The molecule has 2 aromatic heterocycles. The van der Waals surface area contributed by atoms with Gasteiger partial charge in [-0.05, 0) is 17.7 Å². The maximum Gasteiger partial charge on any atom is 0.335 e. The second kappa shape index (κ2) is 9.13. The minimum atomic E-state index is -0.740. The van der Waals surface area contributed by atoms with Gasteiger partial charge < -0.3 is 5.11 Å². The number of nitrogens with zero attached hydrogens (tertiary/aromatic N) is 3. The fourth-order valence-corrected chi connectivity index (χ4v) is 4.50. The van der Waals surface area contributed by atoms with Crippen LogP contribution in [0.5, 0.6) is 5.88 Å². The van der Waals surface area contributed by atoms with Crippen LogP contribution in [0.4, 0.5) is 5.82 Å². The molecule has 0 fully saturated rings. The fourth-order valence-electron chi connectivity index (χ4n) is 3.48. The topological polar surface area (TPSA) is 100 Å². The average molecular weight is 467 g/mol. The number of aromatic nitrogens is 3. The molecule has 2 heterocycles. The molecule has 3 aromatic carbocycles. The van der Waals surface area contributed by atoms with Crippen LogP contribution in [0.3, 0.4) is 0 Å². The molecule has 0 atom stereocenters. The number of hydrogen-bond donors (Lipinski definition) is 2. The molecule has 7 nitrogen and oxygen atoms in total. The molecular weight excluding hydrogens is 448 g/mol. The van der Waals surface area contributed by atoms with Crippen molar-refractivity contribution in [2.75, 3.05) is 0 Å². The zero-order chi connectivity index (χ0) is 23.5. The zero-order valence-electron chi connectivity index (χ0n) is 17.8. The number of aromatic amines is 1. The van der Waals surface area contributed by atoms with Crippen LogP contribution in [0.1, 0.15) is 5.56 Å². The molecule has 0 radical (unpaired) electrons. The van der Waals surface area contributed by atoms with Crippen molar-refractivity contribution in [1.29, 1.82) is 0 Å². The van der Waals surface area contributed by atoms with E-state index in [1.807, 2.05) is 60.7 Å². The Kier molecular flexibility index (Phi) is 5.72. The lowest BCUT2D eigenvalue weighted by atomic mass is 10.2. The van der Waals surface area contributed by atoms with Crippen LogP contribution in [0.2, 0.25) is 0 Å². The third-order valence-corrected chi connectivity index (χ3v) is 6.26. The number of thiazole rings is 1. The van der Waals surface area contributed by atoms with Crippen molar-refractivity contribution in [3.05, 3.63) is 117 Å². The van der Waals surface area contributed by atoms with Crippen LogP contribution in [0, 0.1) is 0 Å². The summed E-state index contributed by atoms with van der Waals surface area (Å²) in [5.41, 5.74) is 0.679. The lowest BCUT2D eigenvalue weighted by Crippen LogP contribution is -2.31. The molecule has 0 bridgehead atoms. The molecule has 8 heteroatoms. The number of aliphatic imine (C=N–C) groups is 1. The van der Waals surface area contributed by atoms with Gasteiger partial charge in [-0.25, -0.2) is 19.3 Å². The van der Waals surface area contributed by atoms with Crippen LogP contribution < -0.4 is 11.2 Å². The van der Waals surface area contributed by atoms with Gasteiger partial charge in [-0.2, -0.15) is 0 Å². The highest BCUT2D eigenvalue weighted by Gasteiger charge is 2.16. The Balaban J connectivity index is 1.63. The van der Waals surface area contributed by atoms with Crippen LogP contribution >= 0.6 is 11.3 Å². The van der Waals surface area contributed by atoms with Crippen molar-refractivity contribution in [2.24, 2.45) is 4.99 Å². The largest absolute Gasteiger partial charge is 0.493 e. The lowest BCUT2D eigenvalue weighted by Gasteiger charge is -2.09. The first kappa shape index (κ1) is 21.3. The van der Waals surface area contributed by atoms with Gasteiger partial charge >= 0.3 is 5.69 Å². The second-order valence-electron chi connectivity index (χ2n) is 7.33. The van der Waals surface area contributed by atoms with Crippen LogP contribution in [0.15, 0.2) is 106 Å². The van der Waals surface area contributed by atoms with E-state index >= 15 is 0 Å². The molecule has 0 saturated carbocycles. The highest BCUT2D eigenvalue weighted by Crippen LogP contribution is 2.39. The third-order valence-electron chi connectivity index (χ3n) is 5.12. The molecule has 0 aliphatic rings. The summed E-state index contributed by atoms with van der Waals surface area (Å²) in [6.45, 7) is 0. The van der Waals surface area contributed by atoms with E-state index in [-0.39, 0.29) is 5.56 Å². The van der Waals surface area contributed by atoms with Crippen LogP contribution in [0.25, 0.3) is 26.7 Å². The lowest BCUT2D eigenvalue weighted by molar-refractivity contribution is 0.430. The fraction of sp³-hybridized carbons (Fsp3) is 0. The quantitative estimate of drug-likeness (QED) is 0.364. The summed E-state index contributed by atoms with van der Waals surface area (Å²) in [5.74, 6) is -0.0882. The normalized spacial score (nSPS) is 11.2. The first-order chi connectivity index (χ1) is 16.6. The van der Waals surface area contributed by atoms with Gasteiger partial charge in [0, 0.05) is 11.8 Å². The molecule has 166 valence electrons. The van der Waals surface area contributed by atoms with Gasteiger partial charge in [0.15, 0.2) is 5.82 Å². The van der Waals surface area contributed by atoms with Gasteiger partial charge in [0.1, 0.15) is 10.6 Å². The maximum atomic E-state index is 12.5. The van der Waals surface area contributed by atoms with Crippen LogP contribution in [-0.4, -0.2) is 25.9 Å². The molecule has 2 N–H and O–H groups in total. The summed E-state index contributed by atoms with van der Waals surface area (Å²) in [5, 5.41) is 11.6. The summed E-state index contributed by atoms with van der Waals surface area (Å²) in [7, 11) is 0. The highest BCUT2D eigenvalue weighted by molar-refractivity contribution is 7.19. The van der Waals surface area contributed by atoms with Crippen molar-refractivity contribution in [3.63, 3.8) is 0 Å². The second-order valence-corrected chi connectivity index (χ2v) is 8.33. The highest BCUT2D eigenvalue weighted by atomic mass is 32.1. The number of benzene rings is 3. The van der Waals surface area contributed by atoms with Gasteiger partial charge in [-0.1, -0.05) is 78.9 Å². The molecule has 0 saturated heterocycles. The standard InChI is InChI=1S/C26H18N4O3S/c31-23-20(25(32)30(26(33)29-23)19-14-8-3-9-15-19)16-27-22-21(17-10-4-1-5-11-17)34-24(28-22)18-12-6-2-7-13-18/h1-16,32H,(H,29,31,33)/b27-16+. The molecule has 34 heavy (non-hydrogen) atoms. The molecule has 0 amide bonds. The number of rotatable bonds is 5. The molecular formula is C26H18N4O3S. The number of H-pyrrole nitrogens is 1. The van der Waals surface area contributed by atoms with Gasteiger partial charge in [0.05, 0.1) is 10.6 Å². The van der Waals surface area contributed by atoms with Crippen molar-refractivity contribution in [3.8, 4) is 32.6 Å². The van der Waals surface area contributed by atoms with Crippen molar-refractivity contribution in [1.82, 2.24) is 14.5 Å². The van der Waals surface area contributed by atoms with E-state index in [9.17, 15) is 14.7 Å². The van der Waals surface area contributed by atoms with E-state index in [2.05, 4.69) is 15.0 Å².